The number of carbonyl (C=O) groups excluding carboxylic acids is 1. The topological polar surface area (TPSA) is 75.3 Å². The van der Waals surface area contributed by atoms with E-state index in [1.807, 2.05) is 13.8 Å². The molecule has 0 spiro atoms. The molecule has 0 fully saturated rings. The van der Waals surface area contributed by atoms with E-state index in [-0.39, 0.29) is 12.1 Å². The molecular formula is C13H19ClN2O2. The smallest absolute Gasteiger partial charge is 0.248 e. The number of hydrogen-bond acceptors (Lipinski definition) is 3. The molecule has 0 radical (unpaired) electrons. The highest BCUT2D eigenvalue weighted by Crippen LogP contribution is 2.19. The molecule has 1 aromatic rings. The van der Waals surface area contributed by atoms with Crippen LogP contribution in [0.15, 0.2) is 18.2 Å². The molecule has 1 amide bonds. The van der Waals surface area contributed by atoms with Crippen molar-refractivity contribution in [3.8, 4) is 0 Å². The Morgan fingerprint density at radius 3 is 2.67 bits per heavy atom. The number of primary amides is 1. The maximum atomic E-state index is 11.0. The lowest BCUT2D eigenvalue weighted by molar-refractivity contribution is 0.1000. The normalized spacial score (nSPS) is 11.6. The average Bonchev–Trinajstić information content (AvgIpc) is 2.27. The van der Waals surface area contributed by atoms with Crippen LogP contribution < -0.4 is 11.1 Å². The van der Waals surface area contributed by atoms with Crippen molar-refractivity contribution in [3.63, 3.8) is 0 Å². The fourth-order valence-corrected chi connectivity index (χ4v) is 1.79. The third-order valence-electron chi connectivity index (χ3n) is 2.83. The molecule has 0 aromatic heterocycles. The van der Waals surface area contributed by atoms with Gasteiger partial charge in [0.2, 0.25) is 5.91 Å². The molecule has 0 atom stereocenters. The maximum absolute atomic E-state index is 11.0. The summed E-state index contributed by atoms with van der Waals surface area (Å²) >= 11 is 6.08. The summed E-state index contributed by atoms with van der Waals surface area (Å²) in [5, 5.41) is 12.8. The second kappa shape index (κ2) is 6.18. The largest absolute Gasteiger partial charge is 0.396 e. The molecule has 4 N–H and O–H groups in total. The molecule has 0 aliphatic rings. The summed E-state index contributed by atoms with van der Waals surface area (Å²) in [5.74, 6) is -0.489. The monoisotopic (exact) mass is 270 g/mol. The highest BCUT2D eigenvalue weighted by atomic mass is 35.5. The van der Waals surface area contributed by atoms with E-state index < -0.39 is 5.91 Å². The van der Waals surface area contributed by atoms with Crippen LogP contribution in [0.2, 0.25) is 5.02 Å². The van der Waals surface area contributed by atoms with Gasteiger partial charge in [-0.15, -0.1) is 0 Å². The van der Waals surface area contributed by atoms with E-state index in [0.717, 1.165) is 5.56 Å². The minimum atomic E-state index is -0.489. The van der Waals surface area contributed by atoms with Gasteiger partial charge in [-0.1, -0.05) is 17.7 Å². The first-order valence-corrected chi connectivity index (χ1v) is 6.17. The minimum Gasteiger partial charge on any atom is -0.396 e. The van der Waals surface area contributed by atoms with Gasteiger partial charge >= 0.3 is 0 Å². The number of nitrogens with two attached hydrogens (primary N) is 1. The van der Waals surface area contributed by atoms with Crippen molar-refractivity contribution in [2.45, 2.75) is 32.4 Å². The third-order valence-corrected chi connectivity index (χ3v) is 3.18. The van der Waals surface area contributed by atoms with Crippen molar-refractivity contribution in [2.75, 3.05) is 6.61 Å². The molecule has 0 bridgehead atoms. The summed E-state index contributed by atoms with van der Waals surface area (Å²) in [6, 6.07) is 5.01. The van der Waals surface area contributed by atoms with Crippen molar-refractivity contribution in [1.82, 2.24) is 5.32 Å². The zero-order chi connectivity index (χ0) is 13.8. The molecule has 100 valence electrons. The van der Waals surface area contributed by atoms with E-state index >= 15 is 0 Å². The molecule has 0 unspecified atom stereocenters. The molecule has 0 aliphatic carbocycles. The fourth-order valence-electron chi connectivity index (χ4n) is 1.55. The number of aliphatic hydroxyl groups excluding tert-OH is 1. The molecule has 18 heavy (non-hydrogen) atoms. The van der Waals surface area contributed by atoms with Crippen LogP contribution in [-0.4, -0.2) is 23.2 Å². The number of nitrogens with one attached hydrogen (secondary N) is 1. The molecule has 0 heterocycles. The molecule has 0 saturated heterocycles. The second-order valence-corrected chi connectivity index (χ2v) is 5.29. The summed E-state index contributed by atoms with van der Waals surface area (Å²) in [7, 11) is 0. The van der Waals surface area contributed by atoms with Crippen LogP contribution >= 0.6 is 11.6 Å². The first kappa shape index (κ1) is 15.0. The van der Waals surface area contributed by atoms with Gasteiger partial charge < -0.3 is 16.2 Å². The third kappa shape index (κ3) is 4.29. The number of halogens is 1. The second-order valence-electron chi connectivity index (χ2n) is 4.88. The zero-order valence-corrected chi connectivity index (χ0v) is 11.4. The van der Waals surface area contributed by atoms with Crippen molar-refractivity contribution < 1.29 is 9.90 Å². The first-order chi connectivity index (χ1) is 8.35. The van der Waals surface area contributed by atoms with E-state index in [4.69, 9.17) is 22.4 Å². The Hall–Kier alpha value is -1.10. The Bertz CT molecular complexity index is 433. The van der Waals surface area contributed by atoms with E-state index in [2.05, 4.69) is 5.32 Å². The summed E-state index contributed by atoms with van der Waals surface area (Å²) in [6.07, 6.45) is 0.657. The van der Waals surface area contributed by atoms with Gasteiger partial charge in [-0.3, -0.25) is 4.79 Å². The van der Waals surface area contributed by atoms with Crippen molar-refractivity contribution in [3.05, 3.63) is 34.3 Å². The zero-order valence-electron chi connectivity index (χ0n) is 10.7. The molecule has 1 rings (SSSR count). The van der Waals surface area contributed by atoms with E-state index in [1.165, 1.54) is 0 Å². The fraction of sp³-hybridized carbons (Fsp3) is 0.462. The maximum Gasteiger partial charge on any atom is 0.248 e. The highest BCUT2D eigenvalue weighted by Gasteiger charge is 2.16. The summed E-state index contributed by atoms with van der Waals surface area (Å²) in [4.78, 5) is 11.0. The summed E-state index contributed by atoms with van der Waals surface area (Å²) < 4.78 is 0. The van der Waals surface area contributed by atoms with Gasteiger partial charge in [-0.25, -0.2) is 0 Å². The minimum absolute atomic E-state index is 0.133. The summed E-state index contributed by atoms with van der Waals surface area (Å²) in [6.45, 7) is 4.73. The first-order valence-electron chi connectivity index (χ1n) is 5.80. The number of aliphatic hydroxyl groups is 1. The lowest BCUT2D eigenvalue weighted by Crippen LogP contribution is -2.39. The Morgan fingerprint density at radius 2 is 2.17 bits per heavy atom. The van der Waals surface area contributed by atoms with Gasteiger partial charge in [0.05, 0.1) is 0 Å². The lowest BCUT2D eigenvalue weighted by Gasteiger charge is -2.25. The van der Waals surface area contributed by atoms with E-state index in [1.54, 1.807) is 18.2 Å². The van der Waals surface area contributed by atoms with Gasteiger partial charge in [0, 0.05) is 29.3 Å². The van der Waals surface area contributed by atoms with Crippen LogP contribution in [0.5, 0.6) is 0 Å². The van der Waals surface area contributed by atoms with Gasteiger partial charge in [-0.2, -0.15) is 0 Å². The Morgan fingerprint density at radius 1 is 1.50 bits per heavy atom. The molecule has 0 aliphatic heterocycles. The summed E-state index contributed by atoms with van der Waals surface area (Å²) in [5.41, 5.74) is 6.31. The van der Waals surface area contributed by atoms with Gasteiger partial charge in [0.15, 0.2) is 0 Å². The molecule has 0 saturated carbocycles. The van der Waals surface area contributed by atoms with Gasteiger partial charge in [-0.05, 0) is 38.0 Å². The lowest BCUT2D eigenvalue weighted by atomic mass is 10.0. The van der Waals surface area contributed by atoms with Crippen molar-refractivity contribution >= 4 is 17.5 Å². The van der Waals surface area contributed by atoms with Crippen LogP contribution in [0, 0.1) is 0 Å². The number of amides is 1. The van der Waals surface area contributed by atoms with Gasteiger partial charge in [0.1, 0.15) is 0 Å². The molecule has 5 heteroatoms. The predicted molar refractivity (Wildman–Crippen MR) is 72.6 cm³/mol. The molecule has 1 aromatic carbocycles. The predicted octanol–water partition coefficient (Wildman–Crippen LogP) is 1.69. The molecular weight excluding hydrogens is 252 g/mol. The van der Waals surface area contributed by atoms with Gasteiger partial charge in [0.25, 0.3) is 0 Å². The Labute approximate surface area is 112 Å². The van der Waals surface area contributed by atoms with E-state index in [9.17, 15) is 4.79 Å². The number of benzene rings is 1. The van der Waals surface area contributed by atoms with Crippen LogP contribution in [-0.2, 0) is 6.54 Å². The van der Waals surface area contributed by atoms with Crippen molar-refractivity contribution in [2.24, 2.45) is 5.73 Å². The number of carbonyl (C=O) groups is 1. The van der Waals surface area contributed by atoms with Crippen molar-refractivity contribution in [1.29, 1.82) is 0 Å². The number of rotatable bonds is 6. The van der Waals surface area contributed by atoms with Crippen LogP contribution in [0.4, 0.5) is 0 Å². The quantitative estimate of drug-likeness (QED) is 0.736. The Kier molecular flexibility index (Phi) is 5.14. The van der Waals surface area contributed by atoms with Crippen LogP contribution in [0.3, 0.4) is 0 Å². The standard InChI is InChI=1S/C13H19ClN2O2/c1-13(2,5-6-17)16-8-10-4-3-9(12(15)18)7-11(10)14/h3-4,7,16-17H,5-6,8H2,1-2H3,(H2,15,18). The van der Waals surface area contributed by atoms with Crippen LogP contribution in [0.25, 0.3) is 0 Å². The van der Waals surface area contributed by atoms with E-state index in [0.29, 0.717) is 23.6 Å². The average molecular weight is 271 g/mol. The Balaban J connectivity index is 2.71. The highest BCUT2D eigenvalue weighted by molar-refractivity contribution is 6.31. The SMILES string of the molecule is CC(C)(CCO)NCc1ccc(C(N)=O)cc1Cl. The number of hydrogen-bond donors (Lipinski definition) is 3. The van der Waals surface area contributed by atoms with Crippen LogP contribution in [0.1, 0.15) is 36.2 Å². The molecule has 4 nitrogen and oxygen atoms in total.